The second kappa shape index (κ2) is 10.4. The average Bonchev–Trinajstić information content (AvgIpc) is 3.51. The molecule has 0 radical (unpaired) electrons. The summed E-state index contributed by atoms with van der Waals surface area (Å²) in [6.45, 7) is 0. The maximum absolute atomic E-state index is 2.40. The van der Waals surface area contributed by atoms with Crippen LogP contribution < -0.4 is 0 Å². The molecule has 47 heavy (non-hydrogen) atoms. The smallest absolute Gasteiger partial charge is 0.0361 e. The van der Waals surface area contributed by atoms with Gasteiger partial charge in [0, 0.05) is 20.2 Å². The van der Waals surface area contributed by atoms with E-state index in [2.05, 4.69) is 170 Å². The van der Waals surface area contributed by atoms with E-state index in [0.717, 1.165) is 0 Å². The molecule has 0 aliphatic heterocycles. The third-order valence-electron chi connectivity index (χ3n) is 9.86. The highest BCUT2D eigenvalue weighted by Crippen LogP contribution is 2.45. The topological polar surface area (TPSA) is 0 Å². The van der Waals surface area contributed by atoms with Crippen LogP contribution in [-0.2, 0) is 0 Å². The molecule has 0 spiro atoms. The van der Waals surface area contributed by atoms with E-state index in [9.17, 15) is 0 Å². The van der Waals surface area contributed by atoms with E-state index in [-0.39, 0.29) is 0 Å². The highest BCUT2D eigenvalue weighted by Gasteiger charge is 2.17. The second-order valence-corrected chi connectivity index (χ2v) is 13.5. The fourth-order valence-corrected chi connectivity index (χ4v) is 8.81. The quantitative estimate of drug-likeness (QED) is 0.173. The van der Waals surface area contributed by atoms with Gasteiger partial charge in [-0.15, -0.1) is 11.3 Å². The van der Waals surface area contributed by atoms with E-state index < -0.39 is 0 Å². The number of thiophene rings is 1. The first-order valence-corrected chi connectivity index (χ1v) is 17.0. The summed E-state index contributed by atoms with van der Waals surface area (Å²) in [7, 11) is 0. The summed E-state index contributed by atoms with van der Waals surface area (Å²) in [5.74, 6) is 0. The minimum absolute atomic E-state index is 1.24. The van der Waals surface area contributed by atoms with E-state index in [4.69, 9.17) is 0 Å². The molecule has 0 unspecified atom stereocenters. The maximum Gasteiger partial charge on any atom is 0.0361 e. The molecule has 0 nitrogen and oxygen atoms in total. The Labute approximate surface area is 277 Å². The van der Waals surface area contributed by atoms with Crippen molar-refractivity contribution >= 4 is 63.8 Å². The summed E-state index contributed by atoms with van der Waals surface area (Å²) >= 11 is 1.89. The Hall–Kier alpha value is -5.76. The van der Waals surface area contributed by atoms with Gasteiger partial charge in [-0.3, -0.25) is 0 Å². The molecule has 10 aromatic rings. The molecule has 1 heterocycles. The second-order valence-electron chi connectivity index (χ2n) is 12.5. The minimum Gasteiger partial charge on any atom is -0.135 e. The standard InChI is InChI=1S/C46H28S/c1-3-9-29(10-4-1)33-19-23-39-40-24-20-34(28-44(40)47-43(39)27-33)36-21-15-31-18-26-42-38(22-16-32-17-25-41(36)45(31)46(32)42)37-14-8-7-13-35(37)30-11-5-2-6-12-30/h1-28H. The number of fused-ring (bicyclic) bond motifs is 3. The third kappa shape index (κ3) is 4.14. The van der Waals surface area contributed by atoms with Gasteiger partial charge in [0.1, 0.15) is 0 Å². The first-order valence-electron chi connectivity index (χ1n) is 16.2. The zero-order valence-electron chi connectivity index (χ0n) is 25.6. The lowest BCUT2D eigenvalue weighted by Gasteiger charge is -2.18. The van der Waals surface area contributed by atoms with Crippen molar-refractivity contribution in [2.45, 2.75) is 0 Å². The van der Waals surface area contributed by atoms with Crippen LogP contribution in [0, 0.1) is 0 Å². The zero-order valence-corrected chi connectivity index (χ0v) is 26.4. The predicted octanol–water partition coefficient (Wildman–Crippen LogP) is 13.6. The summed E-state index contributed by atoms with van der Waals surface area (Å²) in [5, 5.41) is 10.5. The van der Waals surface area contributed by atoms with Gasteiger partial charge in [0.2, 0.25) is 0 Å². The normalized spacial score (nSPS) is 11.8. The highest BCUT2D eigenvalue weighted by atomic mass is 32.1. The lowest BCUT2D eigenvalue weighted by molar-refractivity contribution is 1.60. The fourth-order valence-electron chi connectivity index (χ4n) is 7.63. The molecule has 10 rings (SSSR count). The lowest BCUT2D eigenvalue weighted by atomic mass is 9.86. The first-order chi connectivity index (χ1) is 23.3. The van der Waals surface area contributed by atoms with Crippen LogP contribution in [0.2, 0.25) is 0 Å². The van der Waals surface area contributed by atoms with E-state index in [0.29, 0.717) is 0 Å². The molecule has 0 atom stereocenters. The molecule has 0 amide bonds. The Bertz CT molecular complexity index is 2770. The monoisotopic (exact) mass is 612 g/mol. The number of rotatable bonds is 4. The Balaban J connectivity index is 1.15. The molecule has 0 N–H and O–H groups in total. The first kappa shape index (κ1) is 26.5. The van der Waals surface area contributed by atoms with Crippen molar-refractivity contribution in [1.82, 2.24) is 0 Å². The fraction of sp³-hybridized carbons (Fsp3) is 0. The van der Waals surface area contributed by atoms with Gasteiger partial charge >= 0.3 is 0 Å². The van der Waals surface area contributed by atoms with E-state index in [1.54, 1.807) is 0 Å². The molecule has 0 fully saturated rings. The van der Waals surface area contributed by atoms with Gasteiger partial charge < -0.3 is 0 Å². The highest BCUT2D eigenvalue weighted by molar-refractivity contribution is 7.25. The molecule has 1 heteroatoms. The van der Waals surface area contributed by atoms with Crippen LogP contribution in [0.5, 0.6) is 0 Å². The van der Waals surface area contributed by atoms with Crippen LogP contribution in [0.25, 0.3) is 97.0 Å². The van der Waals surface area contributed by atoms with Crippen LogP contribution in [0.15, 0.2) is 170 Å². The van der Waals surface area contributed by atoms with E-state index in [1.165, 1.54) is 97.0 Å². The van der Waals surface area contributed by atoms with Crippen LogP contribution in [0.3, 0.4) is 0 Å². The Kier molecular flexibility index (Phi) is 5.85. The van der Waals surface area contributed by atoms with Crippen molar-refractivity contribution < 1.29 is 0 Å². The summed E-state index contributed by atoms with van der Waals surface area (Å²) in [6, 6.07) is 62.6. The van der Waals surface area contributed by atoms with E-state index in [1.807, 2.05) is 11.3 Å². The molecular weight excluding hydrogens is 585 g/mol. The third-order valence-corrected chi connectivity index (χ3v) is 11.0. The molecule has 0 bridgehead atoms. The Morgan fingerprint density at radius 3 is 1.45 bits per heavy atom. The van der Waals surface area contributed by atoms with Gasteiger partial charge in [-0.05, 0) is 89.0 Å². The van der Waals surface area contributed by atoms with Crippen LogP contribution in [-0.4, -0.2) is 0 Å². The molecule has 0 aliphatic rings. The van der Waals surface area contributed by atoms with Gasteiger partial charge in [-0.2, -0.15) is 0 Å². The molecule has 0 saturated carbocycles. The van der Waals surface area contributed by atoms with Crippen molar-refractivity contribution in [3.05, 3.63) is 170 Å². The Morgan fingerprint density at radius 1 is 0.277 bits per heavy atom. The zero-order chi connectivity index (χ0) is 30.9. The largest absolute Gasteiger partial charge is 0.135 e. The molecule has 9 aromatic carbocycles. The van der Waals surface area contributed by atoms with Crippen molar-refractivity contribution in [2.24, 2.45) is 0 Å². The summed E-state index contributed by atoms with van der Waals surface area (Å²) in [4.78, 5) is 0. The number of hydrogen-bond donors (Lipinski definition) is 0. The van der Waals surface area contributed by atoms with Gasteiger partial charge in [-0.25, -0.2) is 0 Å². The molecular formula is C46H28S. The lowest BCUT2D eigenvalue weighted by Crippen LogP contribution is -1.91. The molecule has 0 saturated heterocycles. The van der Waals surface area contributed by atoms with Gasteiger partial charge in [0.25, 0.3) is 0 Å². The minimum atomic E-state index is 1.24. The van der Waals surface area contributed by atoms with E-state index >= 15 is 0 Å². The van der Waals surface area contributed by atoms with Crippen molar-refractivity contribution in [3.63, 3.8) is 0 Å². The van der Waals surface area contributed by atoms with Crippen molar-refractivity contribution in [1.29, 1.82) is 0 Å². The van der Waals surface area contributed by atoms with Gasteiger partial charge in [-0.1, -0.05) is 158 Å². The molecule has 218 valence electrons. The van der Waals surface area contributed by atoms with Crippen LogP contribution >= 0.6 is 11.3 Å². The average molecular weight is 613 g/mol. The predicted molar refractivity (Wildman–Crippen MR) is 205 cm³/mol. The van der Waals surface area contributed by atoms with Crippen molar-refractivity contribution in [3.8, 4) is 44.5 Å². The summed E-state index contributed by atoms with van der Waals surface area (Å²) in [6.07, 6.45) is 0. The van der Waals surface area contributed by atoms with Gasteiger partial charge in [0.15, 0.2) is 0 Å². The SMILES string of the molecule is c1ccc(-c2ccc3c(c2)sc2cc(-c4ccc5ccc6c(-c7ccccc7-c7ccccc7)ccc7ccc4c5c76)ccc23)cc1. The summed E-state index contributed by atoms with van der Waals surface area (Å²) < 4.78 is 2.66. The molecule has 1 aromatic heterocycles. The maximum atomic E-state index is 2.40. The summed E-state index contributed by atoms with van der Waals surface area (Å²) in [5.41, 5.74) is 10.1. The Morgan fingerprint density at radius 2 is 0.766 bits per heavy atom. The number of benzene rings is 9. The molecule has 0 aliphatic carbocycles. The van der Waals surface area contributed by atoms with Crippen LogP contribution in [0.4, 0.5) is 0 Å². The number of hydrogen-bond acceptors (Lipinski definition) is 1. The van der Waals surface area contributed by atoms with Gasteiger partial charge in [0.05, 0.1) is 0 Å². The van der Waals surface area contributed by atoms with Crippen LogP contribution in [0.1, 0.15) is 0 Å². The van der Waals surface area contributed by atoms with Crippen molar-refractivity contribution in [2.75, 3.05) is 0 Å².